The van der Waals surface area contributed by atoms with Gasteiger partial charge in [-0.3, -0.25) is 4.99 Å². The molecule has 5 heteroatoms. The molecule has 82 valence electrons. The van der Waals surface area contributed by atoms with Crippen LogP contribution >= 0.6 is 11.6 Å². The summed E-state index contributed by atoms with van der Waals surface area (Å²) in [5.41, 5.74) is 2.56. The molecular formula is C10H13ClFN3. The van der Waals surface area contributed by atoms with Crippen LogP contribution in [0.25, 0.3) is 0 Å². The molecule has 0 atom stereocenters. The Bertz CT molecular complexity index is 357. The van der Waals surface area contributed by atoms with Crippen molar-refractivity contribution in [2.24, 2.45) is 10.8 Å². The third-order valence-corrected chi connectivity index (χ3v) is 2.04. The number of nitrogens with zero attached hydrogens (tertiary/aromatic N) is 1. The van der Waals surface area contributed by atoms with Crippen LogP contribution in [0, 0.1) is 5.82 Å². The van der Waals surface area contributed by atoms with Crippen molar-refractivity contribution in [1.82, 2.24) is 5.43 Å². The maximum absolute atomic E-state index is 13.5. The van der Waals surface area contributed by atoms with Crippen LogP contribution in [-0.2, 0) is 0 Å². The summed E-state index contributed by atoms with van der Waals surface area (Å²) in [6.45, 7) is 3.73. The van der Waals surface area contributed by atoms with Crippen LogP contribution in [0.4, 0.5) is 4.39 Å². The van der Waals surface area contributed by atoms with Gasteiger partial charge in [-0.25, -0.2) is 10.2 Å². The first kappa shape index (κ1) is 11.9. The van der Waals surface area contributed by atoms with Gasteiger partial charge in [-0.1, -0.05) is 17.7 Å². The third-order valence-electron chi connectivity index (χ3n) is 1.72. The van der Waals surface area contributed by atoms with E-state index in [1.807, 2.05) is 13.8 Å². The van der Waals surface area contributed by atoms with Crippen LogP contribution in [0.15, 0.2) is 23.2 Å². The minimum atomic E-state index is -0.445. The summed E-state index contributed by atoms with van der Waals surface area (Å²) in [5.74, 6) is 5.10. The van der Waals surface area contributed by atoms with Crippen LogP contribution in [0.1, 0.15) is 19.4 Å². The molecule has 0 radical (unpaired) electrons. The van der Waals surface area contributed by atoms with Gasteiger partial charge in [0.2, 0.25) is 0 Å². The van der Waals surface area contributed by atoms with Gasteiger partial charge in [0.15, 0.2) is 0 Å². The van der Waals surface area contributed by atoms with E-state index in [0.29, 0.717) is 0 Å². The lowest BCUT2D eigenvalue weighted by molar-refractivity contribution is 0.623. The Labute approximate surface area is 93.1 Å². The van der Waals surface area contributed by atoms with Crippen molar-refractivity contribution in [3.63, 3.8) is 0 Å². The van der Waals surface area contributed by atoms with Gasteiger partial charge in [-0.05, 0) is 26.0 Å². The second-order valence-electron chi connectivity index (χ2n) is 3.31. The topological polar surface area (TPSA) is 50.4 Å². The van der Waals surface area contributed by atoms with E-state index in [4.69, 9.17) is 17.4 Å². The molecule has 1 aromatic rings. The number of amidine groups is 1. The Morgan fingerprint density at radius 3 is 2.67 bits per heavy atom. The number of halogens is 2. The molecule has 3 N–H and O–H groups in total. The van der Waals surface area contributed by atoms with Crippen molar-refractivity contribution >= 4 is 17.4 Å². The minimum Gasteiger partial charge on any atom is -0.308 e. The second-order valence-corrected chi connectivity index (χ2v) is 3.72. The smallest absolute Gasteiger partial charge is 0.147 e. The first-order valence-corrected chi connectivity index (χ1v) is 4.93. The van der Waals surface area contributed by atoms with E-state index < -0.39 is 5.82 Å². The summed E-state index contributed by atoms with van der Waals surface area (Å²) < 4.78 is 13.5. The Morgan fingerprint density at radius 1 is 1.53 bits per heavy atom. The first-order chi connectivity index (χ1) is 7.06. The van der Waals surface area contributed by atoms with E-state index in [2.05, 4.69) is 10.4 Å². The fourth-order valence-corrected chi connectivity index (χ4v) is 1.41. The molecule has 0 amide bonds. The number of hydrazine groups is 1. The minimum absolute atomic E-state index is 0.00622. The highest BCUT2D eigenvalue weighted by Crippen LogP contribution is 2.19. The van der Waals surface area contributed by atoms with Crippen molar-refractivity contribution < 1.29 is 4.39 Å². The van der Waals surface area contributed by atoms with Crippen molar-refractivity contribution in [1.29, 1.82) is 0 Å². The number of benzene rings is 1. The zero-order valence-electron chi connectivity index (χ0n) is 8.59. The highest BCUT2D eigenvalue weighted by atomic mass is 35.5. The summed E-state index contributed by atoms with van der Waals surface area (Å²) in [4.78, 5) is 4.14. The highest BCUT2D eigenvalue weighted by molar-refractivity contribution is 6.34. The van der Waals surface area contributed by atoms with Gasteiger partial charge in [0.1, 0.15) is 11.7 Å². The number of hydrogen-bond acceptors (Lipinski definition) is 2. The van der Waals surface area contributed by atoms with Crippen molar-refractivity contribution in [3.05, 3.63) is 34.6 Å². The molecule has 1 aromatic carbocycles. The predicted octanol–water partition coefficient (Wildman–Crippen LogP) is 2.10. The van der Waals surface area contributed by atoms with Gasteiger partial charge in [-0.15, -0.1) is 0 Å². The lowest BCUT2D eigenvalue weighted by atomic mass is 10.2. The zero-order chi connectivity index (χ0) is 11.4. The maximum Gasteiger partial charge on any atom is 0.147 e. The van der Waals surface area contributed by atoms with E-state index in [-0.39, 0.29) is 22.5 Å². The molecule has 0 aliphatic heterocycles. The van der Waals surface area contributed by atoms with Gasteiger partial charge in [0.25, 0.3) is 0 Å². The number of rotatable bonds is 2. The van der Waals surface area contributed by atoms with Gasteiger partial charge in [-0.2, -0.15) is 0 Å². The lowest BCUT2D eigenvalue weighted by Gasteiger charge is -2.10. The third kappa shape index (κ3) is 2.91. The molecule has 0 fully saturated rings. The summed E-state index contributed by atoms with van der Waals surface area (Å²) in [6.07, 6.45) is 0. The fraction of sp³-hybridized carbons (Fsp3) is 0.300. The van der Waals surface area contributed by atoms with Crippen LogP contribution in [0.2, 0.25) is 5.02 Å². The van der Waals surface area contributed by atoms with E-state index in [9.17, 15) is 4.39 Å². The van der Waals surface area contributed by atoms with E-state index in [0.717, 1.165) is 0 Å². The average molecular weight is 230 g/mol. The summed E-state index contributed by atoms with van der Waals surface area (Å²) in [7, 11) is 0. The van der Waals surface area contributed by atoms with E-state index in [1.165, 1.54) is 12.1 Å². The second kappa shape index (κ2) is 5.09. The SMILES string of the molecule is CC(C)N=C(NN)c1c(F)cccc1Cl. The molecule has 0 spiro atoms. The van der Waals surface area contributed by atoms with Crippen LogP contribution in [0.3, 0.4) is 0 Å². The summed E-state index contributed by atoms with van der Waals surface area (Å²) >= 11 is 5.87. The summed E-state index contributed by atoms with van der Waals surface area (Å²) in [6, 6.07) is 4.44. The Kier molecular flexibility index (Phi) is 4.05. The Balaban J connectivity index is 3.24. The van der Waals surface area contributed by atoms with E-state index >= 15 is 0 Å². The van der Waals surface area contributed by atoms with Gasteiger partial charge in [0, 0.05) is 6.04 Å². The molecule has 0 bridgehead atoms. The molecule has 0 saturated heterocycles. The largest absolute Gasteiger partial charge is 0.308 e. The van der Waals surface area contributed by atoms with Crippen molar-refractivity contribution in [2.45, 2.75) is 19.9 Å². The van der Waals surface area contributed by atoms with Crippen molar-refractivity contribution in [2.75, 3.05) is 0 Å². The lowest BCUT2D eigenvalue weighted by Crippen LogP contribution is -2.33. The van der Waals surface area contributed by atoms with Crippen molar-refractivity contribution in [3.8, 4) is 0 Å². The van der Waals surface area contributed by atoms with Gasteiger partial charge >= 0.3 is 0 Å². The Hall–Kier alpha value is -1.13. The molecule has 15 heavy (non-hydrogen) atoms. The number of nitrogens with one attached hydrogen (secondary N) is 1. The molecule has 0 heterocycles. The fourth-order valence-electron chi connectivity index (χ4n) is 1.16. The number of nitrogens with two attached hydrogens (primary N) is 1. The van der Waals surface area contributed by atoms with E-state index in [1.54, 1.807) is 6.07 Å². The Morgan fingerprint density at radius 2 is 2.20 bits per heavy atom. The van der Waals surface area contributed by atoms with Crippen LogP contribution in [-0.4, -0.2) is 11.9 Å². The number of hydrogen-bond donors (Lipinski definition) is 2. The quantitative estimate of drug-likeness (QED) is 0.353. The van der Waals surface area contributed by atoms with Gasteiger partial charge in [0.05, 0.1) is 10.6 Å². The first-order valence-electron chi connectivity index (χ1n) is 4.55. The van der Waals surface area contributed by atoms with Gasteiger partial charge < -0.3 is 5.43 Å². The molecule has 0 unspecified atom stereocenters. The molecule has 0 aliphatic rings. The molecular weight excluding hydrogens is 217 g/mol. The standard InChI is InChI=1S/C10H13ClFN3/c1-6(2)14-10(15-13)9-7(11)4-3-5-8(9)12/h3-6H,13H2,1-2H3,(H,14,15). The molecule has 0 aromatic heterocycles. The monoisotopic (exact) mass is 229 g/mol. The van der Waals surface area contributed by atoms with Crippen LogP contribution < -0.4 is 11.3 Å². The molecule has 1 rings (SSSR count). The number of aliphatic imine (C=N–C) groups is 1. The van der Waals surface area contributed by atoms with Crippen LogP contribution in [0.5, 0.6) is 0 Å². The summed E-state index contributed by atoms with van der Waals surface area (Å²) in [5, 5.41) is 0.285. The highest BCUT2D eigenvalue weighted by Gasteiger charge is 2.12. The maximum atomic E-state index is 13.5. The zero-order valence-corrected chi connectivity index (χ0v) is 9.35. The molecule has 3 nitrogen and oxygen atoms in total. The molecule has 0 aliphatic carbocycles. The normalized spacial score (nSPS) is 12.0. The molecule has 0 saturated carbocycles. The average Bonchev–Trinajstić information content (AvgIpc) is 2.15. The predicted molar refractivity (Wildman–Crippen MR) is 60.4 cm³/mol.